The summed E-state index contributed by atoms with van der Waals surface area (Å²) in [6.45, 7) is 4.03. The molecule has 0 aromatic heterocycles. The fourth-order valence-corrected chi connectivity index (χ4v) is 3.36. The van der Waals surface area contributed by atoms with Crippen LogP contribution in [-0.2, 0) is 28.8 Å². The summed E-state index contributed by atoms with van der Waals surface area (Å²) < 4.78 is 0. The van der Waals surface area contributed by atoms with Gasteiger partial charge in [-0.05, 0) is 31.7 Å². The molecule has 9 N–H and O–H groups in total. The highest BCUT2D eigenvalue weighted by atomic mass is 16.4. The molecule has 0 bridgehead atoms. The van der Waals surface area contributed by atoms with Gasteiger partial charge in [-0.3, -0.25) is 24.0 Å². The van der Waals surface area contributed by atoms with Gasteiger partial charge in [0.25, 0.3) is 0 Å². The molecule has 0 aliphatic carbocycles. The second-order valence-electron chi connectivity index (χ2n) is 8.16. The number of hydrogen-bond acceptors (Lipinski definition) is 7. The zero-order chi connectivity index (χ0) is 25.1. The third kappa shape index (κ3) is 9.43. The maximum Gasteiger partial charge on any atom is 0.326 e. The van der Waals surface area contributed by atoms with Crippen LogP contribution in [0.15, 0.2) is 0 Å². The Morgan fingerprint density at radius 2 is 1.64 bits per heavy atom. The van der Waals surface area contributed by atoms with Crippen LogP contribution in [0.1, 0.15) is 52.4 Å². The van der Waals surface area contributed by atoms with Gasteiger partial charge in [0.1, 0.15) is 18.1 Å². The third-order valence-electron chi connectivity index (χ3n) is 5.50. The molecule has 1 saturated heterocycles. The van der Waals surface area contributed by atoms with Crippen LogP contribution < -0.4 is 32.7 Å². The van der Waals surface area contributed by atoms with Crippen LogP contribution in [0, 0.1) is 5.92 Å². The largest absolute Gasteiger partial charge is 0.480 e. The quantitative estimate of drug-likeness (QED) is 0.143. The lowest BCUT2D eigenvalue weighted by molar-refractivity contribution is -0.144. The fraction of sp³-hybridized carbons (Fsp3) is 0.700. The van der Waals surface area contributed by atoms with Gasteiger partial charge < -0.3 is 37.8 Å². The molecule has 13 heteroatoms. The lowest BCUT2D eigenvalue weighted by Gasteiger charge is -2.26. The van der Waals surface area contributed by atoms with Crippen molar-refractivity contribution in [3.63, 3.8) is 0 Å². The average Bonchev–Trinajstić information content (AvgIpc) is 3.27. The van der Waals surface area contributed by atoms with Gasteiger partial charge in [-0.1, -0.05) is 20.3 Å². The van der Waals surface area contributed by atoms with Crippen molar-refractivity contribution in [2.75, 3.05) is 6.54 Å². The first kappa shape index (κ1) is 27.8. The van der Waals surface area contributed by atoms with Gasteiger partial charge >= 0.3 is 5.97 Å². The van der Waals surface area contributed by atoms with Crippen LogP contribution in [0.25, 0.3) is 0 Å². The van der Waals surface area contributed by atoms with E-state index in [4.69, 9.17) is 11.5 Å². The molecular formula is C20H34N6O7. The molecule has 33 heavy (non-hydrogen) atoms. The molecule has 0 radical (unpaired) electrons. The molecule has 1 aliphatic rings. The van der Waals surface area contributed by atoms with Crippen molar-refractivity contribution in [1.82, 2.24) is 21.3 Å². The van der Waals surface area contributed by atoms with Crippen LogP contribution >= 0.6 is 0 Å². The van der Waals surface area contributed by atoms with Crippen molar-refractivity contribution < 1.29 is 33.9 Å². The molecule has 5 atom stereocenters. The Hall–Kier alpha value is -3.22. The van der Waals surface area contributed by atoms with Crippen molar-refractivity contribution in [3.05, 3.63) is 0 Å². The van der Waals surface area contributed by atoms with Gasteiger partial charge in [-0.15, -0.1) is 0 Å². The van der Waals surface area contributed by atoms with Crippen LogP contribution in [0.2, 0.25) is 0 Å². The second kappa shape index (κ2) is 13.4. The average molecular weight is 471 g/mol. The van der Waals surface area contributed by atoms with Crippen molar-refractivity contribution in [1.29, 1.82) is 0 Å². The number of rotatable bonds is 14. The highest BCUT2D eigenvalue weighted by Crippen LogP contribution is 2.10. The van der Waals surface area contributed by atoms with Crippen LogP contribution in [-0.4, -0.2) is 71.3 Å². The molecule has 1 heterocycles. The summed E-state index contributed by atoms with van der Waals surface area (Å²) in [4.78, 5) is 72.2. The Labute approximate surface area is 191 Å². The van der Waals surface area contributed by atoms with Crippen molar-refractivity contribution in [2.24, 2.45) is 17.4 Å². The molecule has 5 amide bonds. The molecule has 0 aromatic carbocycles. The Bertz CT molecular complexity index is 753. The first-order valence-corrected chi connectivity index (χ1v) is 10.9. The Morgan fingerprint density at radius 3 is 2.12 bits per heavy atom. The Morgan fingerprint density at radius 1 is 1.00 bits per heavy atom. The Balaban J connectivity index is 2.97. The fourth-order valence-electron chi connectivity index (χ4n) is 3.36. The minimum absolute atomic E-state index is 0.130. The second-order valence-corrected chi connectivity index (χ2v) is 8.16. The maximum absolute atomic E-state index is 12.9. The third-order valence-corrected chi connectivity index (χ3v) is 5.50. The minimum atomic E-state index is -1.47. The zero-order valence-corrected chi connectivity index (χ0v) is 18.9. The molecule has 0 saturated carbocycles. The van der Waals surface area contributed by atoms with Crippen LogP contribution in [0.4, 0.5) is 0 Å². The van der Waals surface area contributed by atoms with E-state index in [1.54, 1.807) is 13.8 Å². The zero-order valence-electron chi connectivity index (χ0n) is 18.9. The summed E-state index contributed by atoms with van der Waals surface area (Å²) in [5, 5.41) is 19.6. The van der Waals surface area contributed by atoms with Crippen molar-refractivity contribution in [2.45, 2.75) is 76.5 Å². The van der Waals surface area contributed by atoms with E-state index in [2.05, 4.69) is 21.3 Å². The predicted octanol–water partition coefficient (Wildman–Crippen LogP) is -2.54. The van der Waals surface area contributed by atoms with E-state index in [-0.39, 0.29) is 12.8 Å². The number of carbonyl (C=O) groups excluding carboxylic acids is 5. The number of hydrogen-bond donors (Lipinski definition) is 7. The monoisotopic (exact) mass is 470 g/mol. The van der Waals surface area contributed by atoms with Crippen molar-refractivity contribution in [3.8, 4) is 0 Å². The SMILES string of the molecule is CCC(C)C(NC(=O)C(CC(N)=O)NC(=O)C(CCC(N)=O)NC(=O)C1CCCN1)C(=O)O. The van der Waals surface area contributed by atoms with E-state index in [1.807, 2.05) is 0 Å². The highest BCUT2D eigenvalue weighted by molar-refractivity contribution is 5.96. The lowest BCUT2D eigenvalue weighted by Crippen LogP contribution is -2.58. The van der Waals surface area contributed by atoms with Gasteiger partial charge in [0.15, 0.2) is 0 Å². The molecule has 1 fully saturated rings. The number of primary amides is 2. The molecule has 1 rings (SSSR count). The Kier molecular flexibility index (Phi) is 11.3. The van der Waals surface area contributed by atoms with Crippen LogP contribution in [0.5, 0.6) is 0 Å². The highest BCUT2D eigenvalue weighted by Gasteiger charge is 2.33. The summed E-state index contributed by atoms with van der Waals surface area (Å²) in [5.74, 6) is -5.47. The van der Waals surface area contributed by atoms with Gasteiger partial charge in [0, 0.05) is 6.42 Å². The summed E-state index contributed by atoms with van der Waals surface area (Å²) in [6.07, 6.45) is 0.895. The lowest BCUT2D eigenvalue weighted by atomic mass is 9.98. The molecule has 186 valence electrons. The van der Waals surface area contributed by atoms with E-state index in [0.717, 1.165) is 6.42 Å². The molecule has 1 aliphatic heterocycles. The minimum Gasteiger partial charge on any atom is -0.480 e. The van der Waals surface area contributed by atoms with Crippen LogP contribution in [0.3, 0.4) is 0 Å². The van der Waals surface area contributed by atoms with E-state index >= 15 is 0 Å². The van der Waals surface area contributed by atoms with E-state index < -0.39 is 72.0 Å². The number of nitrogens with one attached hydrogen (secondary N) is 4. The summed E-state index contributed by atoms with van der Waals surface area (Å²) in [5.41, 5.74) is 10.4. The standard InChI is InChI=1S/C20H34N6O7/c1-3-10(2)16(20(32)33)26-19(31)13(9-15(22)28)25-18(30)12(6-7-14(21)27)24-17(29)11-5-4-8-23-11/h10-13,16,23H,3-9H2,1-2H3,(H2,21,27)(H2,22,28)(H,24,29)(H,25,30)(H,26,31)(H,32,33). The predicted molar refractivity (Wildman–Crippen MR) is 116 cm³/mol. The normalized spacial score (nSPS) is 18.9. The van der Waals surface area contributed by atoms with Gasteiger partial charge in [-0.25, -0.2) is 4.79 Å². The number of carboxylic acid groups (broad SMARTS) is 1. The molecule has 0 spiro atoms. The smallest absolute Gasteiger partial charge is 0.326 e. The van der Waals surface area contributed by atoms with E-state index in [1.165, 1.54) is 0 Å². The number of amides is 5. The number of nitrogens with two attached hydrogens (primary N) is 2. The number of carbonyl (C=O) groups is 6. The van der Waals surface area contributed by atoms with Gasteiger partial charge in [0.05, 0.1) is 12.5 Å². The van der Waals surface area contributed by atoms with Gasteiger partial charge in [-0.2, -0.15) is 0 Å². The van der Waals surface area contributed by atoms with E-state index in [0.29, 0.717) is 19.4 Å². The number of aliphatic carboxylic acids is 1. The number of carboxylic acids is 1. The topological polar surface area (TPSA) is 223 Å². The van der Waals surface area contributed by atoms with E-state index in [9.17, 15) is 33.9 Å². The van der Waals surface area contributed by atoms with Gasteiger partial charge in [0.2, 0.25) is 29.5 Å². The molecule has 13 nitrogen and oxygen atoms in total. The summed E-state index contributed by atoms with van der Waals surface area (Å²) in [7, 11) is 0. The molecule has 0 aromatic rings. The maximum atomic E-state index is 12.9. The molecule has 5 unspecified atom stereocenters. The summed E-state index contributed by atoms with van der Waals surface area (Å²) in [6, 6.07) is -4.42. The molecular weight excluding hydrogens is 436 g/mol. The first-order valence-electron chi connectivity index (χ1n) is 10.9. The first-order chi connectivity index (χ1) is 15.5. The summed E-state index contributed by atoms with van der Waals surface area (Å²) >= 11 is 0. The van der Waals surface area contributed by atoms with Crippen molar-refractivity contribution >= 4 is 35.5 Å².